The predicted octanol–water partition coefficient (Wildman–Crippen LogP) is 12.7. The minimum absolute atomic E-state index is 0.682. The minimum Gasteiger partial charge on any atom is -0.455 e. The van der Waals surface area contributed by atoms with Gasteiger partial charge in [0.25, 0.3) is 0 Å². The van der Waals surface area contributed by atoms with E-state index in [1.807, 2.05) is 18.2 Å². The van der Waals surface area contributed by atoms with E-state index in [2.05, 4.69) is 150 Å². The third kappa shape index (κ3) is 4.51. The molecule has 230 valence electrons. The van der Waals surface area contributed by atoms with E-state index < -0.39 is 0 Å². The Morgan fingerprint density at radius 2 is 1.18 bits per heavy atom. The molecule has 49 heavy (non-hydrogen) atoms. The molecule has 0 aliphatic carbocycles. The lowest BCUT2D eigenvalue weighted by molar-refractivity contribution is 0.672. The van der Waals surface area contributed by atoms with E-state index in [0.717, 1.165) is 82.2 Å². The van der Waals surface area contributed by atoms with E-state index in [9.17, 15) is 0 Å². The molecule has 0 unspecified atom stereocenters. The van der Waals surface area contributed by atoms with Crippen molar-refractivity contribution in [1.29, 1.82) is 0 Å². The second-order valence-corrected chi connectivity index (χ2v) is 13.2. The Kier molecular flexibility index (Phi) is 6.32. The van der Waals surface area contributed by atoms with Crippen LogP contribution in [0.3, 0.4) is 0 Å². The van der Waals surface area contributed by atoms with Gasteiger partial charge >= 0.3 is 0 Å². The van der Waals surface area contributed by atoms with Crippen LogP contribution in [0.25, 0.3) is 75.7 Å². The van der Waals surface area contributed by atoms with Crippen molar-refractivity contribution >= 4 is 81.4 Å². The van der Waals surface area contributed by atoms with Crippen LogP contribution in [0.2, 0.25) is 0 Å². The van der Waals surface area contributed by atoms with E-state index in [1.165, 1.54) is 4.70 Å². The fourth-order valence-corrected chi connectivity index (χ4v) is 8.17. The molecule has 0 bridgehead atoms. The summed E-state index contributed by atoms with van der Waals surface area (Å²) in [5, 5.41) is 5.31. The van der Waals surface area contributed by atoms with Crippen LogP contribution in [-0.2, 0) is 0 Å². The second kappa shape index (κ2) is 11.2. The van der Waals surface area contributed by atoms with Crippen LogP contribution in [0.5, 0.6) is 0 Å². The van der Waals surface area contributed by atoms with Gasteiger partial charge in [-0.2, -0.15) is 0 Å². The maximum absolute atomic E-state index is 6.76. The number of hydrogen-bond acceptors (Lipinski definition) is 5. The number of furan rings is 1. The van der Waals surface area contributed by atoms with Gasteiger partial charge in [-0.1, -0.05) is 109 Å². The fourth-order valence-electron chi connectivity index (χ4n) is 7.02. The number of aromatic nitrogens is 2. The van der Waals surface area contributed by atoms with Crippen molar-refractivity contribution in [2.75, 3.05) is 4.90 Å². The van der Waals surface area contributed by atoms with E-state index in [1.54, 1.807) is 11.3 Å². The molecule has 0 amide bonds. The molecule has 10 rings (SSSR count). The second-order valence-electron chi connectivity index (χ2n) is 12.2. The number of hydrogen-bond donors (Lipinski definition) is 0. The van der Waals surface area contributed by atoms with Gasteiger partial charge in [-0.05, 0) is 60.0 Å². The molecule has 0 spiro atoms. The Bertz CT molecular complexity index is 2790. The van der Waals surface area contributed by atoms with Gasteiger partial charge in [0.15, 0.2) is 5.82 Å². The lowest BCUT2D eigenvalue weighted by Gasteiger charge is -2.25. The summed E-state index contributed by atoms with van der Waals surface area (Å²) in [5.74, 6) is 0.682. The zero-order valence-electron chi connectivity index (χ0n) is 26.2. The summed E-state index contributed by atoms with van der Waals surface area (Å²) in [6, 6.07) is 57.1. The zero-order valence-corrected chi connectivity index (χ0v) is 27.1. The Morgan fingerprint density at radius 3 is 1.94 bits per heavy atom. The first kappa shape index (κ1) is 27.8. The monoisotopic (exact) mass is 645 g/mol. The van der Waals surface area contributed by atoms with Gasteiger partial charge in [-0.3, -0.25) is 0 Å². The number of thiophene rings is 1. The average Bonchev–Trinajstić information content (AvgIpc) is 3.74. The van der Waals surface area contributed by atoms with Crippen molar-refractivity contribution in [2.24, 2.45) is 0 Å². The van der Waals surface area contributed by atoms with Crippen LogP contribution >= 0.6 is 11.3 Å². The van der Waals surface area contributed by atoms with Crippen molar-refractivity contribution in [3.63, 3.8) is 0 Å². The molecule has 0 N–H and O–H groups in total. The highest BCUT2D eigenvalue weighted by molar-refractivity contribution is 7.26. The standard InChI is InChI=1S/C44H27N3OS/c1-4-14-28(15-5-1)40-43-41(34-22-12-13-23-38(34)49-43)46-44(45-40)36-26-29-16-10-11-21-33(29)42-39(36)35-27-32(24-25-37(35)48-42)47(30-17-6-2-7-18-30)31-19-8-3-9-20-31/h1-27H. The van der Waals surface area contributed by atoms with E-state index >= 15 is 0 Å². The number of fused-ring (bicyclic) bond motifs is 8. The van der Waals surface area contributed by atoms with Gasteiger partial charge in [0, 0.05) is 54.4 Å². The number of rotatable bonds is 5. The van der Waals surface area contributed by atoms with Crippen LogP contribution in [0.4, 0.5) is 17.1 Å². The van der Waals surface area contributed by atoms with E-state index in [0.29, 0.717) is 5.82 Å². The van der Waals surface area contributed by atoms with Crippen molar-refractivity contribution < 1.29 is 4.42 Å². The lowest BCUT2D eigenvalue weighted by atomic mass is 9.99. The van der Waals surface area contributed by atoms with E-state index in [-0.39, 0.29) is 0 Å². The molecule has 0 radical (unpaired) electrons. The number of nitrogens with zero attached hydrogens (tertiary/aromatic N) is 3. The summed E-state index contributed by atoms with van der Waals surface area (Å²) in [4.78, 5) is 13.0. The number of benzene rings is 7. The fraction of sp³-hybridized carbons (Fsp3) is 0. The van der Waals surface area contributed by atoms with Crippen LogP contribution in [0, 0.1) is 0 Å². The molecule has 0 fully saturated rings. The first-order chi connectivity index (χ1) is 24.3. The molecule has 0 aliphatic rings. The summed E-state index contributed by atoms with van der Waals surface area (Å²) in [7, 11) is 0. The Labute approximate surface area is 286 Å². The molecule has 0 atom stereocenters. The highest BCUT2D eigenvalue weighted by Gasteiger charge is 2.23. The summed E-state index contributed by atoms with van der Waals surface area (Å²) >= 11 is 1.75. The Hall–Kier alpha value is -6.30. The number of para-hydroxylation sites is 2. The van der Waals surface area contributed by atoms with Crippen LogP contribution < -0.4 is 4.90 Å². The first-order valence-corrected chi connectivity index (χ1v) is 17.2. The minimum atomic E-state index is 0.682. The molecular formula is C44H27N3OS. The molecule has 10 aromatic rings. The molecule has 4 nitrogen and oxygen atoms in total. The summed E-state index contributed by atoms with van der Waals surface area (Å²) < 4.78 is 9.05. The largest absolute Gasteiger partial charge is 0.455 e. The summed E-state index contributed by atoms with van der Waals surface area (Å²) in [6.07, 6.45) is 0. The summed E-state index contributed by atoms with van der Waals surface area (Å²) in [6.45, 7) is 0. The maximum atomic E-state index is 6.76. The van der Waals surface area contributed by atoms with Crippen molar-refractivity contribution in [3.05, 3.63) is 164 Å². The third-order valence-electron chi connectivity index (χ3n) is 9.24. The molecule has 0 saturated heterocycles. The molecule has 0 aliphatic heterocycles. The number of anilines is 3. The Balaban J connectivity index is 1.30. The molecule has 5 heteroatoms. The Morgan fingerprint density at radius 1 is 0.531 bits per heavy atom. The molecule has 3 heterocycles. The van der Waals surface area contributed by atoms with Gasteiger partial charge < -0.3 is 9.32 Å². The summed E-state index contributed by atoms with van der Waals surface area (Å²) in [5.41, 5.74) is 8.79. The maximum Gasteiger partial charge on any atom is 0.161 e. The van der Waals surface area contributed by atoms with Crippen molar-refractivity contribution in [2.45, 2.75) is 0 Å². The highest BCUT2D eigenvalue weighted by atomic mass is 32.1. The first-order valence-electron chi connectivity index (χ1n) is 16.3. The van der Waals surface area contributed by atoms with Crippen molar-refractivity contribution in [3.8, 4) is 22.6 Å². The molecular weight excluding hydrogens is 619 g/mol. The van der Waals surface area contributed by atoms with Crippen LogP contribution in [0.1, 0.15) is 0 Å². The molecule has 3 aromatic heterocycles. The third-order valence-corrected chi connectivity index (χ3v) is 10.4. The molecule has 0 saturated carbocycles. The van der Waals surface area contributed by atoms with Crippen molar-refractivity contribution in [1.82, 2.24) is 9.97 Å². The predicted molar refractivity (Wildman–Crippen MR) is 205 cm³/mol. The smallest absolute Gasteiger partial charge is 0.161 e. The van der Waals surface area contributed by atoms with Crippen LogP contribution in [0.15, 0.2) is 168 Å². The normalized spacial score (nSPS) is 11.7. The van der Waals surface area contributed by atoms with Gasteiger partial charge in [0.1, 0.15) is 11.2 Å². The van der Waals surface area contributed by atoms with Crippen LogP contribution in [-0.4, -0.2) is 9.97 Å². The SMILES string of the molecule is c1ccc(-c2nc(-c3cc4ccccc4c4oc5ccc(N(c6ccccc6)c6ccccc6)cc5c34)nc3c2sc2ccccc23)cc1. The van der Waals surface area contributed by atoms with Gasteiger partial charge in [0.2, 0.25) is 0 Å². The lowest BCUT2D eigenvalue weighted by Crippen LogP contribution is -2.09. The van der Waals surface area contributed by atoms with E-state index in [4.69, 9.17) is 14.4 Å². The van der Waals surface area contributed by atoms with Gasteiger partial charge in [-0.25, -0.2) is 9.97 Å². The van der Waals surface area contributed by atoms with Gasteiger partial charge in [-0.15, -0.1) is 11.3 Å². The quantitative estimate of drug-likeness (QED) is 0.187. The average molecular weight is 646 g/mol. The van der Waals surface area contributed by atoms with Gasteiger partial charge in [0.05, 0.1) is 15.9 Å². The molecule has 7 aromatic carbocycles. The zero-order chi connectivity index (χ0) is 32.3. The highest BCUT2D eigenvalue weighted by Crippen LogP contribution is 2.45. The topological polar surface area (TPSA) is 42.2 Å².